The standard InChI is InChI=1S/C28H32N2O2/c1-4-22-14-16-23(17-15-22)32-20-28-29-25-11-6-7-12-26(25)30(28)18-9-19-31-27-13-8-5-10-24(27)21(2)3/h5-8,10-17,21H,4,9,18-20H2,1-3H3. The lowest BCUT2D eigenvalue weighted by Crippen LogP contribution is -2.10. The van der Waals surface area contributed by atoms with Gasteiger partial charge in [0.15, 0.2) is 0 Å². The predicted molar refractivity (Wildman–Crippen MR) is 131 cm³/mol. The molecule has 0 atom stereocenters. The minimum Gasteiger partial charge on any atom is -0.493 e. The Bertz CT molecular complexity index is 1150. The highest BCUT2D eigenvalue weighted by Gasteiger charge is 2.12. The average Bonchev–Trinajstić information content (AvgIpc) is 3.18. The fourth-order valence-electron chi connectivity index (χ4n) is 3.95. The van der Waals surface area contributed by atoms with Crippen LogP contribution in [-0.2, 0) is 19.6 Å². The Kier molecular flexibility index (Phi) is 7.10. The second-order valence-corrected chi connectivity index (χ2v) is 8.35. The predicted octanol–water partition coefficient (Wildman–Crippen LogP) is 6.77. The molecule has 0 aliphatic rings. The van der Waals surface area contributed by atoms with E-state index in [-0.39, 0.29) is 0 Å². The second kappa shape index (κ2) is 10.4. The highest BCUT2D eigenvalue weighted by Crippen LogP contribution is 2.26. The average molecular weight is 429 g/mol. The molecule has 3 aromatic carbocycles. The van der Waals surface area contributed by atoms with Gasteiger partial charge >= 0.3 is 0 Å². The molecule has 1 heterocycles. The lowest BCUT2D eigenvalue weighted by Gasteiger charge is -2.15. The lowest BCUT2D eigenvalue weighted by atomic mass is 10.0. The number of hydrogen-bond donors (Lipinski definition) is 0. The van der Waals surface area contributed by atoms with Crippen molar-refractivity contribution in [1.82, 2.24) is 9.55 Å². The van der Waals surface area contributed by atoms with E-state index in [1.165, 1.54) is 11.1 Å². The van der Waals surface area contributed by atoms with Crippen molar-refractivity contribution in [2.45, 2.75) is 52.7 Å². The van der Waals surface area contributed by atoms with E-state index in [0.29, 0.717) is 19.1 Å². The number of para-hydroxylation sites is 3. The van der Waals surface area contributed by atoms with E-state index < -0.39 is 0 Å². The van der Waals surface area contributed by atoms with E-state index in [4.69, 9.17) is 14.5 Å². The summed E-state index contributed by atoms with van der Waals surface area (Å²) in [6, 6.07) is 24.9. The molecule has 4 aromatic rings. The third-order valence-electron chi connectivity index (χ3n) is 5.76. The molecule has 0 aliphatic carbocycles. The number of benzene rings is 3. The van der Waals surface area contributed by atoms with E-state index in [9.17, 15) is 0 Å². The molecule has 0 radical (unpaired) electrons. The summed E-state index contributed by atoms with van der Waals surface area (Å²) in [6.07, 6.45) is 1.92. The van der Waals surface area contributed by atoms with Gasteiger partial charge in [-0.2, -0.15) is 0 Å². The van der Waals surface area contributed by atoms with Gasteiger partial charge in [-0.15, -0.1) is 0 Å². The van der Waals surface area contributed by atoms with Crippen LogP contribution in [0.25, 0.3) is 11.0 Å². The van der Waals surface area contributed by atoms with Crippen LogP contribution in [0.3, 0.4) is 0 Å². The smallest absolute Gasteiger partial charge is 0.147 e. The van der Waals surface area contributed by atoms with Crippen LogP contribution in [0.2, 0.25) is 0 Å². The second-order valence-electron chi connectivity index (χ2n) is 8.35. The first-order chi connectivity index (χ1) is 15.7. The number of aromatic nitrogens is 2. The number of imidazole rings is 1. The third-order valence-corrected chi connectivity index (χ3v) is 5.76. The van der Waals surface area contributed by atoms with Gasteiger partial charge in [0.05, 0.1) is 17.6 Å². The van der Waals surface area contributed by atoms with Crippen LogP contribution < -0.4 is 9.47 Å². The molecule has 0 unspecified atom stereocenters. The maximum atomic E-state index is 6.13. The molecule has 0 saturated carbocycles. The topological polar surface area (TPSA) is 36.3 Å². The quantitative estimate of drug-likeness (QED) is 0.262. The van der Waals surface area contributed by atoms with Gasteiger partial charge in [0.25, 0.3) is 0 Å². The van der Waals surface area contributed by atoms with Gasteiger partial charge in [-0.05, 0) is 60.2 Å². The fraction of sp³-hybridized carbons (Fsp3) is 0.321. The molecule has 32 heavy (non-hydrogen) atoms. The minimum atomic E-state index is 0.442. The van der Waals surface area contributed by atoms with Crippen molar-refractivity contribution in [3.63, 3.8) is 0 Å². The Morgan fingerprint density at radius 3 is 2.41 bits per heavy atom. The van der Waals surface area contributed by atoms with E-state index >= 15 is 0 Å². The first-order valence-electron chi connectivity index (χ1n) is 11.5. The maximum absolute atomic E-state index is 6.13. The molecule has 4 rings (SSSR count). The van der Waals surface area contributed by atoms with Crippen molar-refractivity contribution < 1.29 is 9.47 Å². The Balaban J connectivity index is 1.43. The first-order valence-corrected chi connectivity index (χ1v) is 11.5. The molecule has 0 amide bonds. The van der Waals surface area contributed by atoms with Crippen LogP contribution in [-0.4, -0.2) is 16.2 Å². The van der Waals surface area contributed by atoms with Gasteiger partial charge in [-0.1, -0.05) is 63.2 Å². The lowest BCUT2D eigenvalue weighted by molar-refractivity contribution is 0.279. The van der Waals surface area contributed by atoms with Crippen LogP contribution in [0.4, 0.5) is 0 Å². The first kappa shape index (κ1) is 21.9. The Hall–Kier alpha value is -3.27. The highest BCUT2D eigenvalue weighted by atomic mass is 16.5. The molecule has 0 fully saturated rings. The molecule has 1 aromatic heterocycles. The van der Waals surface area contributed by atoms with Crippen molar-refractivity contribution in [1.29, 1.82) is 0 Å². The summed E-state index contributed by atoms with van der Waals surface area (Å²) in [5.41, 5.74) is 4.70. The number of rotatable bonds is 10. The molecule has 0 aliphatic heterocycles. The molecule has 166 valence electrons. The summed E-state index contributed by atoms with van der Waals surface area (Å²) in [7, 11) is 0. The van der Waals surface area contributed by atoms with Crippen molar-refractivity contribution in [3.8, 4) is 11.5 Å². The van der Waals surface area contributed by atoms with E-state index in [0.717, 1.165) is 47.7 Å². The fourth-order valence-corrected chi connectivity index (χ4v) is 3.95. The van der Waals surface area contributed by atoms with Gasteiger partial charge in [-0.3, -0.25) is 0 Å². The summed E-state index contributed by atoms with van der Waals surface area (Å²) in [5, 5.41) is 0. The largest absolute Gasteiger partial charge is 0.493 e. The molecular weight excluding hydrogens is 396 g/mol. The van der Waals surface area contributed by atoms with E-state index in [1.54, 1.807) is 0 Å². The third kappa shape index (κ3) is 5.13. The van der Waals surface area contributed by atoms with Crippen molar-refractivity contribution in [2.24, 2.45) is 0 Å². The molecule has 0 spiro atoms. The van der Waals surface area contributed by atoms with E-state index in [1.807, 2.05) is 24.3 Å². The zero-order valence-corrected chi connectivity index (χ0v) is 19.3. The van der Waals surface area contributed by atoms with Gasteiger partial charge in [0.2, 0.25) is 0 Å². The Morgan fingerprint density at radius 1 is 0.875 bits per heavy atom. The van der Waals surface area contributed by atoms with Crippen LogP contribution >= 0.6 is 0 Å². The monoisotopic (exact) mass is 428 g/mol. The Labute approximate surface area is 190 Å². The summed E-state index contributed by atoms with van der Waals surface area (Å²) in [5.74, 6) is 3.23. The van der Waals surface area contributed by atoms with Crippen LogP contribution in [0, 0.1) is 0 Å². The van der Waals surface area contributed by atoms with Crippen LogP contribution in [0.15, 0.2) is 72.8 Å². The molecule has 4 heteroatoms. The van der Waals surface area contributed by atoms with Crippen molar-refractivity contribution in [3.05, 3.63) is 89.7 Å². The van der Waals surface area contributed by atoms with Gasteiger partial charge < -0.3 is 14.0 Å². The van der Waals surface area contributed by atoms with Crippen LogP contribution in [0.5, 0.6) is 11.5 Å². The zero-order valence-electron chi connectivity index (χ0n) is 19.3. The molecule has 0 bridgehead atoms. The summed E-state index contributed by atoms with van der Waals surface area (Å²) >= 11 is 0. The SMILES string of the molecule is CCc1ccc(OCc2nc3ccccc3n2CCCOc2ccccc2C(C)C)cc1. The van der Waals surface area contributed by atoms with Gasteiger partial charge in [-0.25, -0.2) is 4.98 Å². The number of ether oxygens (including phenoxy) is 2. The highest BCUT2D eigenvalue weighted by molar-refractivity contribution is 5.75. The number of nitrogens with zero attached hydrogens (tertiary/aromatic N) is 2. The number of fused-ring (bicyclic) bond motifs is 1. The van der Waals surface area contributed by atoms with Crippen LogP contribution in [0.1, 0.15) is 50.1 Å². The molecule has 4 nitrogen and oxygen atoms in total. The van der Waals surface area contributed by atoms with E-state index in [2.05, 4.69) is 73.9 Å². The molecule has 0 N–H and O–H groups in total. The number of hydrogen-bond acceptors (Lipinski definition) is 3. The molecule has 0 saturated heterocycles. The van der Waals surface area contributed by atoms with Crippen molar-refractivity contribution >= 4 is 11.0 Å². The van der Waals surface area contributed by atoms with Gasteiger partial charge in [0, 0.05) is 6.54 Å². The summed E-state index contributed by atoms with van der Waals surface area (Å²) in [4.78, 5) is 4.83. The number of aryl methyl sites for hydroxylation is 2. The maximum Gasteiger partial charge on any atom is 0.147 e. The van der Waals surface area contributed by atoms with Crippen molar-refractivity contribution in [2.75, 3.05) is 6.61 Å². The normalized spacial score (nSPS) is 11.2. The Morgan fingerprint density at radius 2 is 1.62 bits per heavy atom. The van der Waals surface area contributed by atoms with Gasteiger partial charge in [0.1, 0.15) is 23.9 Å². The minimum absolute atomic E-state index is 0.442. The summed E-state index contributed by atoms with van der Waals surface area (Å²) in [6.45, 7) is 8.48. The molecular formula is C28H32N2O2. The summed E-state index contributed by atoms with van der Waals surface area (Å²) < 4.78 is 14.5. The zero-order chi connectivity index (χ0) is 22.3.